The van der Waals surface area contributed by atoms with Crippen molar-refractivity contribution >= 4 is 23.5 Å². The Morgan fingerprint density at radius 3 is 1.84 bits per heavy atom. The van der Waals surface area contributed by atoms with Crippen molar-refractivity contribution in [3.63, 3.8) is 0 Å². The average Bonchev–Trinajstić information content (AvgIpc) is 2.76. The van der Waals surface area contributed by atoms with Gasteiger partial charge >= 0.3 is 0 Å². The summed E-state index contributed by atoms with van der Waals surface area (Å²) in [5.41, 5.74) is 5.20. The minimum atomic E-state index is 0.602. The molecular weight excluding hydrogens is 398 g/mol. The van der Waals surface area contributed by atoms with Gasteiger partial charge in [-0.3, -0.25) is 5.43 Å². The maximum absolute atomic E-state index is 5.27. The molecule has 0 aliphatic rings. The van der Waals surface area contributed by atoms with Crippen LogP contribution in [0.1, 0.15) is 121 Å². The molecular formula is C27H47N3S. The van der Waals surface area contributed by atoms with Gasteiger partial charge in [0.15, 0.2) is 5.11 Å². The van der Waals surface area contributed by atoms with E-state index in [0.29, 0.717) is 5.11 Å². The standard InChI is InChI=1S/C27H47N3S/c1-3-4-5-6-7-8-9-10-11-12-13-14-15-16-17-18-22-28-27(31)30-29-24-26-21-19-20-25(2)23-26/h19-21,23-24H,3-18,22H2,1-2H3,(H2,28,30,31)/b29-24+. The van der Waals surface area contributed by atoms with E-state index in [1.807, 2.05) is 12.1 Å². The average molecular weight is 446 g/mol. The van der Waals surface area contributed by atoms with Gasteiger partial charge in [0.2, 0.25) is 0 Å². The molecule has 3 nitrogen and oxygen atoms in total. The van der Waals surface area contributed by atoms with Gasteiger partial charge in [-0.15, -0.1) is 0 Å². The quantitative estimate of drug-likeness (QED) is 0.0978. The Balaban J connectivity index is 1.80. The normalized spacial score (nSPS) is 11.2. The summed E-state index contributed by atoms with van der Waals surface area (Å²) in [6.07, 6.45) is 24.1. The number of hydrogen-bond donors (Lipinski definition) is 2. The summed E-state index contributed by atoms with van der Waals surface area (Å²) in [4.78, 5) is 0. The molecule has 0 fully saturated rings. The maximum Gasteiger partial charge on any atom is 0.186 e. The number of hydrogen-bond acceptors (Lipinski definition) is 2. The monoisotopic (exact) mass is 445 g/mol. The molecule has 0 radical (unpaired) electrons. The summed E-state index contributed by atoms with van der Waals surface area (Å²) in [7, 11) is 0. The van der Waals surface area contributed by atoms with Crippen molar-refractivity contribution in [3.05, 3.63) is 35.4 Å². The third-order valence-corrected chi connectivity index (χ3v) is 5.97. The number of rotatable bonds is 19. The summed E-state index contributed by atoms with van der Waals surface area (Å²) >= 11 is 5.27. The number of thiocarbonyl (C=S) groups is 1. The summed E-state index contributed by atoms with van der Waals surface area (Å²) in [5.74, 6) is 0. The minimum Gasteiger partial charge on any atom is -0.361 e. The maximum atomic E-state index is 5.27. The van der Waals surface area contributed by atoms with Gasteiger partial charge < -0.3 is 5.32 Å². The number of aryl methyl sites for hydroxylation is 1. The van der Waals surface area contributed by atoms with Crippen molar-refractivity contribution < 1.29 is 0 Å². The SMILES string of the molecule is CCCCCCCCCCCCCCCCCCNC(=S)N/N=C/c1cccc(C)c1. The molecule has 176 valence electrons. The highest BCUT2D eigenvalue weighted by atomic mass is 32.1. The highest BCUT2D eigenvalue weighted by molar-refractivity contribution is 7.80. The third kappa shape index (κ3) is 17.9. The Hall–Kier alpha value is -1.42. The summed E-state index contributed by atoms with van der Waals surface area (Å²) < 4.78 is 0. The molecule has 0 saturated heterocycles. The van der Waals surface area contributed by atoms with Crippen molar-refractivity contribution in [2.24, 2.45) is 5.10 Å². The second kappa shape index (κ2) is 20.5. The van der Waals surface area contributed by atoms with Crippen molar-refractivity contribution in [1.82, 2.24) is 10.7 Å². The van der Waals surface area contributed by atoms with Crippen molar-refractivity contribution in [2.75, 3.05) is 6.54 Å². The van der Waals surface area contributed by atoms with Gasteiger partial charge in [-0.2, -0.15) is 5.10 Å². The van der Waals surface area contributed by atoms with Crippen LogP contribution in [-0.4, -0.2) is 17.9 Å². The summed E-state index contributed by atoms with van der Waals surface area (Å²) in [6.45, 7) is 5.29. The van der Waals surface area contributed by atoms with Gasteiger partial charge in [0.1, 0.15) is 0 Å². The molecule has 4 heteroatoms. The molecule has 0 saturated carbocycles. The molecule has 0 unspecified atom stereocenters. The Bertz CT molecular complexity index is 586. The molecule has 0 aliphatic carbocycles. The van der Waals surface area contributed by atoms with E-state index in [1.54, 1.807) is 6.21 Å². The Morgan fingerprint density at radius 2 is 1.32 bits per heavy atom. The number of unbranched alkanes of at least 4 members (excludes halogenated alkanes) is 15. The lowest BCUT2D eigenvalue weighted by Crippen LogP contribution is -2.32. The molecule has 2 N–H and O–H groups in total. The van der Waals surface area contributed by atoms with Crippen LogP contribution < -0.4 is 10.7 Å². The van der Waals surface area contributed by atoms with Crippen LogP contribution in [0.25, 0.3) is 0 Å². The van der Waals surface area contributed by atoms with Crippen LogP contribution in [0.3, 0.4) is 0 Å². The first-order chi connectivity index (χ1) is 15.2. The minimum absolute atomic E-state index is 0.602. The van der Waals surface area contributed by atoms with Crippen molar-refractivity contribution in [1.29, 1.82) is 0 Å². The smallest absolute Gasteiger partial charge is 0.186 e. The molecule has 1 aromatic rings. The Labute approximate surface area is 197 Å². The van der Waals surface area contributed by atoms with E-state index in [-0.39, 0.29) is 0 Å². The van der Waals surface area contributed by atoms with Gasteiger partial charge in [-0.25, -0.2) is 0 Å². The lowest BCUT2D eigenvalue weighted by Gasteiger charge is -2.07. The first kappa shape index (κ1) is 27.6. The molecule has 1 rings (SSSR count). The number of hydrazone groups is 1. The van der Waals surface area contributed by atoms with Crippen LogP contribution in [0.2, 0.25) is 0 Å². The predicted octanol–water partition coefficient (Wildman–Crippen LogP) is 8.05. The van der Waals surface area contributed by atoms with Crippen LogP contribution >= 0.6 is 12.2 Å². The van der Waals surface area contributed by atoms with Crippen LogP contribution in [0.4, 0.5) is 0 Å². The van der Waals surface area contributed by atoms with Crippen LogP contribution in [0, 0.1) is 6.92 Å². The lowest BCUT2D eigenvalue weighted by molar-refractivity contribution is 0.529. The molecule has 0 atom stereocenters. The molecule has 0 bridgehead atoms. The zero-order valence-electron chi connectivity index (χ0n) is 20.3. The van der Waals surface area contributed by atoms with Gasteiger partial charge in [0, 0.05) is 6.54 Å². The number of benzene rings is 1. The largest absolute Gasteiger partial charge is 0.361 e. The number of nitrogens with zero attached hydrogens (tertiary/aromatic N) is 1. The van der Waals surface area contributed by atoms with E-state index in [1.165, 1.54) is 108 Å². The fourth-order valence-corrected chi connectivity index (χ4v) is 3.99. The molecule has 1 aromatic carbocycles. The molecule has 0 aromatic heterocycles. The van der Waals surface area contributed by atoms with E-state index in [0.717, 1.165) is 12.1 Å². The first-order valence-electron chi connectivity index (χ1n) is 12.9. The Morgan fingerprint density at radius 1 is 0.806 bits per heavy atom. The zero-order chi connectivity index (χ0) is 22.4. The van der Waals surface area contributed by atoms with Gasteiger partial charge in [-0.05, 0) is 31.1 Å². The van der Waals surface area contributed by atoms with E-state index in [9.17, 15) is 0 Å². The predicted molar refractivity (Wildman–Crippen MR) is 142 cm³/mol. The van der Waals surface area contributed by atoms with Gasteiger partial charge in [0.25, 0.3) is 0 Å². The van der Waals surface area contributed by atoms with E-state index in [4.69, 9.17) is 12.2 Å². The number of nitrogens with one attached hydrogen (secondary N) is 2. The molecule has 0 aliphatic heterocycles. The van der Waals surface area contributed by atoms with Crippen molar-refractivity contribution in [2.45, 2.75) is 117 Å². The van der Waals surface area contributed by atoms with Gasteiger partial charge in [-0.1, -0.05) is 133 Å². The fourth-order valence-electron chi connectivity index (χ4n) is 3.83. The van der Waals surface area contributed by atoms with E-state index < -0.39 is 0 Å². The lowest BCUT2D eigenvalue weighted by atomic mass is 10.0. The molecule has 31 heavy (non-hydrogen) atoms. The second-order valence-corrected chi connectivity index (χ2v) is 9.25. The van der Waals surface area contributed by atoms with Crippen molar-refractivity contribution in [3.8, 4) is 0 Å². The van der Waals surface area contributed by atoms with E-state index in [2.05, 4.69) is 41.8 Å². The highest BCUT2D eigenvalue weighted by Crippen LogP contribution is 2.13. The highest BCUT2D eigenvalue weighted by Gasteiger charge is 1.96. The molecule has 0 spiro atoms. The first-order valence-corrected chi connectivity index (χ1v) is 13.3. The summed E-state index contributed by atoms with van der Waals surface area (Å²) in [5, 5.41) is 8.04. The Kier molecular flexibility index (Phi) is 18.2. The zero-order valence-corrected chi connectivity index (χ0v) is 21.1. The fraction of sp³-hybridized carbons (Fsp3) is 0.704. The summed E-state index contributed by atoms with van der Waals surface area (Å²) in [6, 6.07) is 8.24. The third-order valence-electron chi connectivity index (χ3n) is 5.74. The van der Waals surface area contributed by atoms with Gasteiger partial charge in [0.05, 0.1) is 6.21 Å². The second-order valence-electron chi connectivity index (χ2n) is 8.84. The van der Waals surface area contributed by atoms with Crippen LogP contribution in [0.5, 0.6) is 0 Å². The molecule has 0 heterocycles. The van der Waals surface area contributed by atoms with Crippen LogP contribution in [-0.2, 0) is 0 Å². The van der Waals surface area contributed by atoms with Crippen LogP contribution in [0.15, 0.2) is 29.4 Å². The van der Waals surface area contributed by atoms with E-state index >= 15 is 0 Å². The topological polar surface area (TPSA) is 36.4 Å². The molecule has 0 amide bonds.